The highest BCUT2D eigenvalue weighted by Crippen LogP contribution is 2.37. The van der Waals surface area contributed by atoms with E-state index in [1.54, 1.807) is 6.08 Å². The lowest BCUT2D eigenvalue weighted by atomic mass is 9.84. The van der Waals surface area contributed by atoms with Gasteiger partial charge in [-0.2, -0.15) is 0 Å². The first-order valence-corrected chi connectivity index (χ1v) is 8.09. The Morgan fingerprint density at radius 2 is 1.86 bits per heavy atom. The molecule has 1 atom stereocenters. The summed E-state index contributed by atoms with van der Waals surface area (Å²) in [7, 11) is 0. The molecule has 0 radical (unpaired) electrons. The van der Waals surface area contributed by atoms with Gasteiger partial charge in [0, 0.05) is 0 Å². The van der Waals surface area contributed by atoms with E-state index in [2.05, 4.69) is 37.8 Å². The van der Waals surface area contributed by atoms with Crippen LogP contribution in [0.4, 0.5) is 0 Å². The molecule has 1 unspecified atom stereocenters. The summed E-state index contributed by atoms with van der Waals surface area (Å²) in [6.45, 7) is 7.43. The van der Waals surface area contributed by atoms with Crippen LogP contribution in [0.1, 0.15) is 63.0 Å². The van der Waals surface area contributed by atoms with Gasteiger partial charge < -0.3 is 5.73 Å². The van der Waals surface area contributed by atoms with Crippen LogP contribution in [0.25, 0.3) is 0 Å². The molecule has 0 aliphatic heterocycles. The number of hydrogen-bond acceptors (Lipinski definition) is 1. The van der Waals surface area contributed by atoms with E-state index in [0.29, 0.717) is 5.92 Å². The molecule has 2 N–H and O–H groups in total. The van der Waals surface area contributed by atoms with Gasteiger partial charge in [-0.3, -0.25) is 4.79 Å². The molecule has 1 aromatic carbocycles. The summed E-state index contributed by atoms with van der Waals surface area (Å²) >= 11 is 0. The van der Waals surface area contributed by atoms with E-state index in [1.165, 1.54) is 18.4 Å². The monoisotopic (exact) mass is 287 g/mol. The molecule has 2 nitrogen and oxygen atoms in total. The molecule has 1 amide bonds. The molecule has 1 saturated carbocycles. The first kappa shape index (κ1) is 17.5. The van der Waals surface area contributed by atoms with Crippen molar-refractivity contribution < 1.29 is 4.79 Å². The average molecular weight is 287 g/mol. The molecule has 0 heterocycles. The Hall–Kier alpha value is -1.57. The smallest absolute Gasteiger partial charge is 0.225 e. The van der Waals surface area contributed by atoms with Gasteiger partial charge in [0.25, 0.3) is 0 Å². The van der Waals surface area contributed by atoms with Crippen LogP contribution in [-0.2, 0) is 11.2 Å². The quantitative estimate of drug-likeness (QED) is 0.791. The third-order valence-electron chi connectivity index (χ3n) is 4.06. The predicted molar refractivity (Wildman–Crippen MR) is 90.2 cm³/mol. The molecular formula is C19H29NO. The summed E-state index contributed by atoms with van der Waals surface area (Å²) in [5.74, 6) is 0.216. The number of hydrogen-bond donors (Lipinski definition) is 1. The summed E-state index contributed by atoms with van der Waals surface area (Å²) in [6.07, 6.45) is 8.77. The zero-order valence-corrected chi connectivity index (χ0v) is 13.5. The van der Waals surface area contributed by atoms with Gasteiger partial charge in [-0.15, -0.1) is 6.58 Å². The molecule has 1 fully saturated rings. The Bertz CT molecular complexity index is 429. The van der Waals surface area contributed by atoms with Crippen molar-refractivity contribution in [2.24, 2.45) is 11.7 Å². The lowest BCUT2D eigenvalue weighted by molar-refractivity contribution is -0.120. The summed E-state index contributed by atoms with van der Waals surface area (Å²) < 4.78 is 0. The Morgan fingerprint density at radius 1 is 1.33 bits per heavy atom. The van der Waals surface area contributed by atoms with Gasteiger partial charge in [0.1, 0.15) is 0 Å². The Balaban J connectivity index is 0.000000677. The van der Waals surface area contributed by atoms with Crippen molar-refractivity contribution in [2.45, 2.75) is 58.3 Å². The van der Waals surface area contributed by atoms with E-state index >= 15 is 0 Å². The van der Waals surface area contributed by atoms with Crippen LogP contribution in [0.15, 0.2) is 36.9 Å². The Labute approximate surface area is 129 Å². The van der Waals surface area contributed by atoms with Gasteiger partial charge in [-0.05, 0) is 43.2 Å². The van der Waals surface area contributed by atoms with E-state index in [9.17, 15) is 4.79 Å². The van der Waals surface area contributed by atoms with Crippen LogP contribution >= 0.6 is 0 Å². The molecule has 2 heteroatoms. The standard InChI is InChI=1S/C16H23NO.C3H6/c1-2-5-12-8-10-14(11-9-12)15(16(17)18)13-6-3-4-7-13;1-3-2/h8-11,13,15H,2-7H2,1H3,(H2,17,18);3H,1H2,2H3. The molecule has 0 aromatic heterocycles. The Morgan fingerprint density at radius 3 is 2.29 bits per heavy atom. The van der Waals surface area contributed by atoms with Crippen LogP contribution in [0.5, 0.6) is 0 Å². The molecule has 2 rings (SSSR count). The highest BCUT2D eigenvalue weighted by molar-refractivity contribution is 5.82. The minimum atomic E-state index is -0.162. The number of carbonyl (C=O) groups is 1. The van der Waals surface area contributed by atoms with Crippen LogP contribution in [0, 0.1) is 5.92 Å². The number of benzene rings is 1. The first-order valence-electron chi connectivity index (χ1n) is 8.09. The first-order chi connectivity index (χ1) is 10.1. The fourth-order valence-electron chi connectivity index (χ4n) is 3.14. The SMILES string of the molecule is C=CC.CCCc1ccc(C(C(N)=O)C2CCCC2)cc1. The molecule has 116 valence electrons. The number of primary amides is 1. The third kappa shape index (κ3) is 5.37. The van der Waals surface area contributed by atoms with Crippen LogP contribution in [0.2, 0.25) is 0 Å². The second kappa shape index (κ2) is 9.38. The number of rotatable bonds is 5. The number of amides is 1. The molecule has 1 aliphatic carbocycles. The lowest BCUT2D eigenvalue weighted by Crippen LogP contribution is -2.26. The average Bonchev–Trinajstić information content (AvgIpc) is 2.96. The second-order valence-electron chi connectivity index (χ2n) is 5.82. The highest BCUT2D eigenvalue weighted by atomic mass is 16.1. The van der Waals surface area contributed by atoms with Gasteiger partial charge in [-0.1, -0.05) is 56.5 Å². The molecule has 0 spiro atoms. The second-order valence-corrected chi connectivity index (χ2v) is 5.82. The van der Waals surface area contributed by atoms with Crippen LogP contribution in [0.3, 0.4) is 0 Å². The summed E-state index contributed by atoms with van der Waals surface area (Å²) in [4.78, 5) is 11.7. The van der Waals surface area contributed by atoms with E-state index in [1.807, 2.05) is 6.92 Å². The van der Waals surface area contributed by atoms with Gasteiger partial charge in [0.05, 0.1) is 5.92 Å². The number of allylic oxidation sites excluding steroid dienone is 1. The maximum absolute atomic E-state index is 11.7. The van der Waals surface area contributed by atoms with E-state index in [-0.39, 0.29) is 11.8 Å². The maximum Gasteiger partial charge on any atom is 0.225 e. The zero-order chi connectivity index (χ0) is 15.7. The van der Waals surface area contributed by atoms with Crippen molar-refractivity contribution in [2.75, 3.05) is 0 Å². The lowest BCUT2D eigenvalue weighted by Gasteiger charge is -2.20. The highest BCUT2D eigenvalue weighted by Gasteiger charge is 2.30. The van der Waals surface area contributed by atoms with Gasteiger partial charge >= 0.3 is 0 Å². The minimum Gasteiger partial charge on any atom is -0.369 e. The largest absolute Gasteiger partial charge is 0.369 e. The van der Waals surface area contributed by atoms with Crippen molar-refractivity contribution in [3.05, 3.63) is 48.0 Å². The zero-order valence-electron chi connectivity index (χ0n) is 13.5. The third-order valence-corrected chi connectivity index (χ3v) is 4.06. The van der Waals surface area contributed by atoms with Gasteiger partial charge in [0.2, 0.25) is 5.91 Å². The Kier molecular flexibility index (Phi) is 7.81. The molecule has 21 heavy (non-hydrogen) atoms. The normalized spacial score (nSPS) is 15.9. The van der Waals surface area contributed by atoms with E-state index < -0.39 is 0 Å². The maximum atomic E-state index is 11.7. The van der Waals surface area contributed by atoms with Crippen molar-refractivity contribution in [3.8, 4) is 0 Å². The van der Waals surface area contributed by atoms with Crippen LogP contribution in [-0.4, -0.2) is 5.91 Å². The molecule has 1 aliphatic rings. The number of carbonyl (C=O) groups excluding carboxylic acids is 1. The van der Waals surface area contributed by atoms with Crippen molar-refractivity contribution >= 4 is 5.91 Å². The minimum absolute atomic E-state index is 0.0804. The van der Waals surface area contributed by atoms with Gasteiger partial charge in [0.15, 0.2) is 0 Å². The van der Waals surface area contributed by atoms with E-state index in [4.69, 9.17) is 5.73 Å². The van der Waals surface area contributed by atoms with Crippen LogP contribution < -0.4 is 5.73 Å². The fraction of sp³-hybridized carbons (Fsp3) is 0.526. The van der Waals surface area contributed by atoms with Crippen molar-refractivity contribution in [1.29, 1.82) is 0 Å². The summed E-state index contributed by atoms with van der Waals surface area (Å²) in [5, 5.41) is 0. The fourth-order valence-corrected chi connectivity index (χ4v) is 3.14. The predicted octanol–water partition coefficient (Wildman–Crippen LogP) is 4.59. The molecule has 1 aromatic rings. The number of nitrogens with two attached hydrogens (primary N) is 1. The topological polar surface area (TPSA) is 43.1 Å². The van der Waals surface area contributed by atoms with Crippen molar-refractivity contribution in [1.82, 2.24) is 0 Å². The van der Waals surface area contributed by atoms with E-state index in [0.717, 1.165) is 31.2 Å². The molecule has 0 bridgehead atoms. The number of aryl methyl sites for hydroxylation is 1. The van der Waals surface area contributed by atoms with Gasteiger partial charge in [-0.25, -0.2) is 0 Å². The molecular weight excluding hydrogens is 258 g/mol. The summed E-state index contributed by atoms with van der Waals surface area (Å²) in [6, 6.07) is 8.48. The molecule has 0 saturated heterocycles. The van der Waals surface area contributed by atoms with Crippen molar-refractivity contribution in [3.63, 3.8) is 0 Å². The summed E-state index contributed by atoms with van der Waals surface area (Å²) in [5.41, 5.74) is 8.06.